The highest BCUT2D eigenvalue weighted by Crippen LogP contribution is 2.31. The Balaban J connectivity index is 1.54. The Bertz CT molecular complexity index is 1330. The van der Waals surface area contributed by atoms with Gasteiger partial charge in [-0.05, 0) is 48.4 Å². The molecule has 0 saturated carbocycles. The third kappa shape index (κ3) is 3.30. The predicted octanol–water partition coefficient (Wildman–Crippen LogP) is 4.91. The van der Waals surface area contributed by atoms with E-state index in [4.69, 9.17) is 0 Å². The summed E-state index contributed by atoms with van der Waals surface area (Å²) in [6.07, 6.45) is 6.53. The number of anilines is 1. The summed E-state index contributed by atoms with van der Waals surface area (Å²) >= 11 is 0. The van der Waals surface area contributed by atoms with Crippen molar-refractivity contribution in [2.24, 2.45) is 0 Å². The first-order chi connectivity index (χ1) is 14.7. The molecule has 0 fully saturated rings. The van der Waals surface area contributed by atoms with Crippen molar-refractivity contribution in [1.82, 2.24) is 25.1 Å². The molecule has 30 heavy (non-hydrogen) atoms. The minimum absolute atomic E-state index is 0.00329. The molecule has 1 aromatic carbocycles. The second-order valence-corrected chi connectivity index (χ2v) is 7.22. The van der Waals surface area contributed by atoms with E-state index in [1.165, 1.54) is 0 Å². The molecule has 0 unspecified atom stereocenters. The minimum Gasteiger partial charge on any atom is -0.338 e. The smallest absolute Gasteiger partial charge is 0.224 e. The number of H-pyrrole nitrogens is 2. The van der Waals surface area contributed by atoms with E-state index in [0.717, 1.165) is 50.9 Å². The van der Waals surface area contributed by atoms with Gasteiger partial charge in [-0.3, -0.25) is 14.9 Å². The zero-order valence-corrected chi connectivity index (χ0v) is 16.4. The normalized spacial score (nSPS) is 11.2. The average molecular weight is 396 g/mol. The monoisotopic (exact) mass is 396 g/mol. The lowest BCUT2D eigenvalue weighted by Crippen LogP contribution is -2.10. The van der Waals surface area contributed by atoms with Crippen molar-refractivity contribution in [2.45, 2.75) is 19.8 Å². The van der Waals surface area contributed by atoms with Gasteiger partial charge in [-0.2, -0.15) is 5.10 Å². The Morgan fingerprint density at radius 3 is 2.90 bits per heavy atom. The number of aromatic amines is 2. The Kier molecular flexibility index (Phi) is 4.48. The van der Waals surface area contributed by atoms with E-state index in [1.54, 1.807) is 18.6 Å². The van der Waals surface area contributed by atoms with Crippen LogP contribution >= 0.6 is 0 Å². The quantitative estimate of drug-likeness (QED) is 0.393. The van der Waals surface area contributed by atoms with Gasteiger partial charge < -0.3 is 10.3 Å². The number of nitrogens with one attached hydrogen (secondary N) is 3. The zero-order valence-electron chi connectivity index (χ0n) is 16.4. The third-order valence-corrected chi connectivity index (χ3v) is 5.04. The van der Waals surface area contributed by atoms with Crippen LogP contribution in [0.2, 0.25) is 0 Å². The lowest BCUT2D eigenvalue weighted by Gasteiger charge is -2.07. The molecule has 7 heteroatoms. The summed E-state index contributed by atoms with van der Waals surface area (Å²) in [4.78, 5) is 23.9. The van der Waals surface area contributed by atoms with Crippen LogP contribution in [0.5, 0.6) is 0 Å². The van der Waals surface area contributed by atoms with E-state index < -0.39 is 0 Å². The standard InChI is InChI=1S/C23H20N6O/c1-2-4-21(30)26-17-9-16(12-24-13-17)14-6-7-19-18(10-14)22(29-28-19)20-11-15-5-3-8-25-23(15)27-20/h3,5-13H,2,4H2,1H3,(H,25,27)(H,26,30)(H,28,29). The molecule has 0 aliphatic heterocycles. The third-order valence-electron chi connectivity index (χ3n) is 5.04. The number of amides is 1. The number of pyridine rings is 2. The Morgan fingerprint density at radius 2 is 2.03 bits per heavy atom. The van der Waals surface area contributed by atoms with E-state index in [-0.39, 0.29) is 5.91 Å². The fourth-order valence-corrected chi connectivity index (χ4v) is 3.60. The Morgan fingerprint density at radius 1 is 1.10 bits per heavy atom. The van der Waals surface area contributed by atoms with Crippen LogP contribution in [-0.4, -0.2) is 31.1 Å². The first-order valence-electron chi connectivity index (χ1n) is 9.89. The second-order valence-electron chi connectivity index (χ2n) is 7.22. The van der Waals surface area contributed by atoms with Crippen LogP contribution in [0.15, 0.2) is 61.1 Å². The summed E-state index contributed by atoms with van der Waals surface area (Å²) in [5, 5.41) is 12.6. The van der Waals surface area contributed by atoms with E-state index in [2.05, 4.69) is 42.6 Å². The van der Waals surface area contributed by atoms with Crippen molar-refractivity contribution in [3.8, 4) is 22.5 Å². The number of rotatable bonds is 5. The predicted molar refractivity (Wildman–Crippen MR) is 118 cm³/mol. The van der Waals surface area contributed by atoms with Crippen LogP contribution in [-0.2, 0) is 4.79 Å². The van der Waals surface area contributed by atoms with Gasteiger partial charge in [0.1, 0.15) is 11.3 Å². The van der Waals surface area contributed by atoms with Gasteiger partial charge in [0.2, 0.25) is 5.91 Å². The SMILES string of the molecule is CCCC(=O)Nc1cncc(-c2ccc3[nH]nc(-c4cc5cccnc5[nH]4)c3c2)c1. The molecule has 0 atom stereocenters. The largest absolute Gasteiger partial charge is 0.338 e. The molecule has 0 radical (unpaired) electrons. The summed E-state index contributed by atoms with van der Waals surface area (Å²) in [5.41, 5.74) is 6.14. The molecule has 0 aliphatic carbocycles. The number of carbonyl (C=O) groups is 1. The molecule has 1 amide bonds. The Labute approximate surface area is 172 Å². The summed E-state index contributed by atoms with van der Waals surface area (Å²) in [5.74, 6) is -0.00329. The van der Waals surface area contributed by atoms with Crippen LogP contribution in [0.25, 0.3) is 44.5 Å². The molecule has 0 bridgehead atoms. The number of carbonyl (C=O) groups excluding carboxylic acids is 1. The van der Waals surface area contributed by atoms with Crippen molar-refractivity contribution in [3.05, 3.63) is 61.1 Å². The van der Waals surface area contributed by atoms with Gasteiger partial charge in [-0.15, -0.1) is 0 Å². The minimum atomic E-state index is -0.00329. The number of fused-ring (bicyclic) bond motifs is 2. The molecule has 4 heterocycles. The highest BCUT2D eigenvalue weighted by atomic mass is 16.1. The molecule has 4 aromatic heterocycles. The fraction of sp³-hybridized carbons (Fsp3) is 0.130. The highest BCUT2D eigenvalue weighted by Gasteiger charge is 2.13. The molecule has 0 aliphatic rings. The number of hydrogen-bond acceptors (Lipinski definition) is 4. The van der Waals surface area contributed by atoms with Crippen molar-refractivity contribution in [2.75, 3.05) is 5.32 Å². The Hall–Kier alpha value is -4.00. The number of benzene rings is 1. The summed E-state index contributed by atoms with van der Waals surface area (Å²) in [6.45, 7) is 1.98. The van der Waals surface area contributed by atoms with Crippen LogP contribution in [0.3, 0.4) is 0 Å². The van der Waals surface area contributed by atoms with Crippen molar-refractivity contribution in [3.63, 3.8) is 0 Å². The lowest BCUT2D eigenvalue weighted by atomic mass is 10.0. The van der Waals surface area contributed by atoms with Crippen LogP contribution < -0.4 is 5.32 Å². The van der Waals surface area contributed by atoms with Gasteiger partial charge in [0.05, 0.1) is 23.1 Å². The second kappa shape index (κ2) is 7.44. The lowest BCUT2D eigenvalue weighted by molar-refractivity contribution is -0.116. The zero-order chi connectivity index (χ0) is 20.5. The van der Waals surface area contributed by atoms with Crippen molar-refractivity contribution in [1.29, 1.82) is 0 Å². The van der Waals surface area contributed by atoms with E-state index >= 15 is 0 Å². The average Bonchev–Trinajstić information content (AvgIpc) is 3.37. The topological polar surface area (TPSA) is 99.3 Å². The van der Waals surface area contributed by atoms with Gasteiger partial charge in [0, 0.05) is 35.2 Å². The van der Waals surface area contributed by atoms with Crippen LogP contribution in [0, 0.1) is 0 Å². The van der Waals surface area contributed by atoms with Crippen molar-refractivity contribution < 1.29 is 4.79 Å². The maximum Gasteiger partial charge on any atom is 0.224 e. The molecule has 148 valence electrons. The van der Waals surface area contributed by atoms with Crippen LogP contribution in [0.1, 0.15) is 19.8 Å². The highest BCUT2D eigenvalue weighted by molar-refractivity contribution is 5.97. The van der Waals surface area contributed by atoms with E-state index in [9.17, 15) is 4.79 Å². The van der Waals surface area contributed by atoms with Gasteiger partial charge in [-0.25, -0.2) is 4.98 Å². The summed E-state index contributed by atoms with van der Waals surface area (Å²) in [6, 6.07) is 14.0. The number of aromatic nitrogens is 5. The summed E-state index contributed by atoms with van der Waals surface area (Å²) < 4.78 is 0. The van der Waals surface area contributed by atoms with Gasteiger partial charge in [0.25, 0.3) is 0 Å². The van der Waals surface area contributed by atoms with Gasteiger partial charge in [0.15, 0.2) is 0 Å². The molecular formula is C23H20N6O. The van der Waals surface area contributed by atoms with Crippen molar-refractivity contribution >= 4 is 33.5 Å². The number of nitrogens with zero attached hydrogens (tertiary/aromatic N) is 3. The first kappa shape index (κ1) is 18.1. The molecular weight excluding hydrogens is 376 g/mol. The van der Waals surface area contributed by atoms with Gasteiger partial charge >= 0.3 is 0 Å². The molecule has 5 rings (SSSR count). The van der Waals surface area contributed by atoms with Gasteiger partial charge in [-0.1, -0.05) is 13.0 Å². The summed E-state index contributed by atoms with van der Waals surface area (Å²) in [7, 11) is 0. The molecule has 5 aromatic rings. The van der Waals surface area contributed by atoms with E-state index in [0.29, 0.717) is 12.1 Å². The first-order valence-corrected chi connectivity index (χ1v) is 9.89. The maximum atomic E-state index is 11.9. The molecule has 3 N–H and O–H groups in total. The molecule has 7 nitrogen and oxygen atoms in total. The molecule has 0 spiro atoms. The van der Waals surface area contributed by atoms with Crippen LogP contribution in [0.4, 0.5) is 5.69 Å². The number of hydrogen-bond donors (Lipinski definition) is 3. The van der Waals surface area contributed by atoms with E-state index in [1.807, 2.05) is 37.3 Å². The maximum absolute atomic E-state index is 11.9. The fourth-order valence-electron chi connectivity index (χ4n) is 3.60. The molecule has 0 saturated heterocycles.